The molecule has 0 rings (SSSR count). The van der Waals surface area contributed by atoms with Crippen LogP contribution in [0, 0.1) is 17.0 Å². The zero-order chi connectivity index (χ0) is 5.58. The van der Waals surface area contributed by atoms with Crippen LogP contribution in [0.2, 0.25) is 0 Å². The summed E-state index contributed by atoms with van der Waals surface area (Å²) >= 11 is 0. The second-order valence-electron chi connectivity index (χ2n) is 0.238. The van der Waals surface area contributed by atoms with Gasteiger partial charge in [0.1, 0.15) is 0 Å². The minimum atomic E-state index is -1.50. The van der Waals surface area contributed by atoms with Gasteiger partial charge in [-0.15, -0.1) is 10.1 Å². The molecule has 0 unspecified atom stereocenters. The topological polar surface area (TPSA) is 133 Å². The Bertz CT molecular complexity index is 40.0. The molecular formula is C2H12LiN3O3. The second kappa shape index (κ2) is 47.2. The van der Waals surface area contributed by atoms with Crippen LogP contribution in [0.5, 0.6) is 0 Å². The molecule has 0 saturated heterocycles. The molecule has 7 heteroatoms. The Morgan fingerprint density at radius 3 is 1.44 bits per heavy atom. The van der Waals surface area contributed by atoms with E-state index in [1.54, 1.807) is 6.92 Å². The van der Waals surface area contributed by atoms with Crippen LogP contribution in [0.1, 0.15) is 6.92 Å². The molecule has 0 fully saturated rings. The first kappa shape index (κ1) is 37.6. The number of hydrogen-bond acceptors (Lipinski definition) is 4. The molecule has 0 bridgehead atoms. The van der Waals surface area contributed by atoms with Crippen molar-refractivity contribution in [2.45, 2.75) is 6.92 Å². The van der Waals surface area contributed by atoms with Gasteiger partial charge in [-0.3, -0.25) is 0 Å². The van der Waals surface area contributed by atoms with E-state index in [1.807, 2.05) is 0 Å². The van der Waals surface area contributed by atoms with Gasteiger partial charge in [0.15, 0.2) is 0 Å². The third-order valence-electron chi connectivity index (χ3n) is 0. The molecule has 0 aliphatic heterocycles. The third-order valence-corrected chi connectivity index (χ3v) is 0. The summed E-state index contributed by atoms with van der Waals surface area (Å²) in [5.41, 5.74) is 0. The number of hydrogen-bond donors (Lipinski definition) is 3. The molecule has 0 atom stereocenters. The average molecular weight is 133 g/mol. The average Bonchev–Trinajstić information content (AvgIpc) is 1.41. The predicted octanol–water partition coefficient (Wildman–Crippen LogP) is -2.18. The van der Waals surface area contributed by atoms with Crippen LogP contribution in [0.4, 0.5) is 0 Å². The van der Waals surface area contributed by atoms with Gasteiger partial charge < -0.3 is 24.4 Å². The van der Waals surface area contributed by atoms with Gasteiger partial charge in [-0.1, -0.05) is 0 Å². The summed E-state index contributed by atoms with van der Waals surface area (Å²) in [7, 11) is 0. The van der Waals surface area contributed by atoms with Crippen molar-refractivity contribution in [3.8, 4) is 0 Å². The van der Waals surface area contributed by atoms with Gasteiger partial charge >= 0.3 is 18.9 Å². The van der Waals surface area contributed by atoms with Crippen LogP contribution < -0.4 is 31.2 Å². The smallest absolute Gasteiger partial charge is 0.346 e. The summed E-state index contributed by atoms with van der Waals surface area (Å²) in [6.45, 7) is 5.00. The monoisotopic (exact) mass is 133 g/mol. The Morgan fingerprint density at radius 2 is 1.44 bits per heavy atom. The molecule has 0 heterocycles. The minimum Gasteiger partial charge on any atom is -0.346 e. The minimum absolute atomic E-state index is 0. The maximum Gasteiger partial charge on any atom is 1.00 e. The van der Waals surface area contributed by atoms with Crippen LogP contribution in [-0.4, -0.2) is 10.3 Å². The van der Waals surface area contributed by atoms with Crippen LogP contribution in [0.25, 0.3) is 0 Å². The molecule has 0 radical (unpaired) electrons. The van der Waals surface area contributed by atoms with Crippen molar-refractivity contribution in [1.82, 2.24) is 12.3 Å². The second-order valence-corrected chi connectivity index (χ2v) is 0.238. The van der Waals surface area contributed by atoms with Crippen LogP contribution >= 0.6 is 0 Å². The molecule has 9 heavy (non-hydrogen) atoms. The van der Waals surface area contributed by atoms with Gasteiger partial charge in [0.25, 0.3) is 5.09 Å². The van der Waals surface area contributed by atoms with Crippen molar-refractivity contribution >= 4 is 0 Å². The van der Waals surface area contributed by atoms with Crippen molar-refractivity contribution < 1.29 is 29.2 Å². The van der Waals surface area contributed by atoms with E-state index in [2.05, 4.69) is 6.92 Å². The Labute approximate surface area is 66.1 Å². The van der Waals surface area contributed by atoms with Crippen LogP contribution in [-0.2, 0) is 0 Å². The van der Waals surface area contributed by atoms with E-state index in [0.717, 1.165) is 0 Å². The standard InChI is InChI=1S/C2H5.Li.HNO3.2H3N/c1-2;;2-1(3)4;;/h1H2,2H3;;(H,2,3,4);2*1H3/q-1;+1;;;. The first-order valence-electron chi connectivity index (χ1n) is 1.27. The van der Waals surface area contributed by atoms with Gasteiger partial charge in [-0.25, -0.2) is 0 Å². The van der Waals surface area contributed by atoms with Gasteiger partial charge in [-0.05, 0) is 0 Å². The van der Waals surface area contributed by atoms with E-state index in [9.17, 15) is 0 Å². The fourth-order valence-electron chi connectivity index (χ4n) is 0. The van der Waals surface area contributed by atoms with E-state index in [0.29, 0.717) is 0 Å². The summed E-state index contributed by atoms with van der Waals surface area (Å²) in [6.07, 6.45) is 0. The molecule has 0 aromatic heterocycles. The quantitative estimate of drug-likeness (QED) is 0.149. The number of rotatable bonds is 0. The predicted molar refractivity (Wildman–Crippen MR) is 29.9 cm³/mol. The van der Waals surface area contributed by atoms with Crippen molar-refractivity contribution in [1.29, 1.82) is 0 Å². The van der Waals surface area contributed by atoms with Crippen molar-refractivity contribution in [3.05, 3.63) is 17.0 Å². The number of nitrogens with zero attached hydrogens (tertiary/aromatic N) is 1. The van der Waals surface area contributed by atoms with E-state index >= 15 is 0 Å². The molecule has 0 saturated carbocycles. The Balaban J connectivity index is -0.00000000990. The molecule has 0 aliphatic carbocycles. The van der Waals surface area contributed by atoms with E-state index in [-0.39, 0.29) is 31.2 Å². The van der Waals surface area contributed by atoms with E-state index in [1.165, 1.54) is 0 Å². The summed E-state index contributed by atoms with van der Waals surface area (Å²) in [5.74, 6) is 0. The summed E-state index contributed by atoms with van der Waals surface area (Å²) in [6, 6.07) is 0. The van der Waals surface area contributed by atoms with Crippen LogP contribution in [0.3, 0.4) is 0 Å². The summed E-state index contributed by atoms with van der Waals surface area (Å²) in [5, 5.41) is 13.6. The molecule has 7 N–H and O–H groups in total. The van der Waals surface area contributed by atoms with Crippen molar-refractivity contribution in [3.63, 3.8) is 0 Å². The zero-order valence-corrected chi connectivity index (χ0v) is 5.83. The van der Waals surface area contributed by atoms with Gasteiger partial charge in [0.2, 0.25) is 0 Å². The molecule has 54 valence electrons. The Hall–Kier alpha value is -0.283. The largest absolute Gasteiger partial charge is 1.00 e. The maximum atomic E-state index is 8.36. The molecule has 0 aromatic rings. The molecular weight excluding hydrogens is 121 g/mol. The molecule has 0 spiro atoms. The van der Waals surface area contributed by atoms with Crippen LogP contribution in [0.15, 0.2) is 0 Å². The Morgan fingerprint density at radius 1 is 1.44 bits per heavy atom. The van der Waals surface area contributed by atoms with E-state index in [4.69, 9.17) is 15.3 Å². The zero-order valence-electron chi connectivity index (χ0n) is 5.83. The third kappa shape index (κ3) is 3160. The molecule has 0 aliphatic rings. The van der Waals surface area contributed by atoms with Crippen molar-refractivity contribution in [2.24, 2.45) is 0 Å². The molecule has 6 nitrogen and oxygen atoms in total. The summed E-state index contributed by atoms with van der Waals surface area (Å²) in [4.78, 5) is 8.36. The van der Waals surface area contributed by atoms with E-state index < -0.39 is 5.09 Å². The maximum absolute atomic E-state index is 8.36. The fraction of sp³-hybridized carbons (Fsp3) is 0.500. The summed E-state index contributed by atoms with van der Waals surface area (Å²) < 4.78 is 0. The SMILES string of the molecule is N.N.O=[N+]([O-])O.[CH2-]C.[Li+]. The normalized spacial score (nSPS) is 3.33. The van der Waals surface area contributed by atoms with Gasteiger partial charge in [-0.2, -0.15) is 6.92 Å². The molecule has 0 aromatic carbocycles. The van der Waals surface area contributed by atoms with Gasteiger partial charge in [0.05, 0.1) is 0 Å². The first-order valence-corrected chi connectivity index (χ1v) is 1.27. The first-order chi connectivity index (χ1) is 2.73. The Kier molecular flexibility index (Phi) is 197. The molecule has 0 amide bonds. The fourth-order valence-corrected chi connectivity index (χ4v) is 0. The van der Waals surface area contributed by atoms with Gasteiger partial charge in [0, 0.05) is 0 Å². The van der Waals surface area contributed by atoms with Crippen molar-refractivity contribution in [2.75, 3.05) is 0 Å².